The normalized spacial score (nSPS) is 11.9. The fourth-order valence-electron chi connectivity index (χ4n) is 2.22. The molecule has 0 aliphatic carbocycles. The zero-order valence-corrected chi connectivity index (χ0v) is 11.8. The third-order valence-corrected chi connectivity index (χ3v) is 3.21. The largest absolute Gasteiger partial charge is 0.357 e. The van der Waals surface area contributed by atoms with Crippen molar-refractivity contribution in [3.05, 3.63) is 71.8 Å². The van der Waals surface area contributed by atoms with Gasteiger partial charge in [0.05, 0.1) is 0 Å². The van der Waals surface area contributed by atoms with Crippen molar-refractivity contribution in [1.29, 1.82) is 0 Å². The Morgan fingerprint density at radius 3 is 2.10 bits per heavy atom. The second-order valence-corrected chi connectivity index (χ2v) is 4.46. The molecule has 0 aliphatic rings. The molecule has 0 aliphatic heterocycles. The van der Waals surface area contributed by atoms with Crippen LogP contribution < -0.4 is 0 Å². The van der Waals surface area contributed by atoms with Crippen LogP contribution in [0, 0.1) is 0 Å². The van der Waals surface area contributed by atoms with Crippen LogP contribution >= 0.6 is 0 Å². The molecule has 0 N–H and O–H groups in total. The monoisotopic (exact) mass is 269 g/mol. The number of rotatable bonds is 5. The van der Waals surface area contributed by atoms with E-state index in [1.54, 1.807) is 12.0 Å². The van der Waals surface area contributed by atoms with Crippen molar-refractivity contribution < 1.29 is 9.53 Å². The first kappa shape index (κ1) is 14.3. The fraction of sp³-hybridized carbons (Fsp3) is 0.235. The van der Waals surface area contributed by atoms with Crippen LogP contribution in [0.1, 0.15) is 29.1 Å². The van der Waals surface area contributed by atoms with Gasteiger partial charge in [0.25, 0.3) is 5.91 Å². The summed E-state index contributed by atoms with van der Waals surface area (Å²) in [5, 5.41) is 0. The number of nitrogens with zero attached hydrogens (tertiary/aromatic N) is 1. The molecule has 0 saturated heterocycles. The molecule has 0 heterocycles. The van der Waals surface area contributed by atoms with Gasteiger partial charge in [-0.2, -0.15) is 0 Å². The Labute approximate surface area is 119 Å². The van der Waals surface area contributed by atoms with Crippen molar-refractivity contribution >= 4 is 5.91 Å². The number of methoxy groups -OCH3 is 1. The van der Waals surface area contributed by atoms with Gasteiger partial charge in [0.15, 0.2) is 6.23 Å². The highest BCUT2D eigenvalue weighted by molar-refractivity contribution is 5.94. The van der Waals surface area contributed by atoms with Gasteiger partial charge in [-0.25, -0.2) is 0 Å². The molecule has 2 rings (SSSR count). The Hall–Kier alpha value is -2.13. The molecule has 0 aromatic heterocycles. The van der Waals surface area contributed by atoms with E-state index in [0.29, 0.717) is 12.1 Å². The molecule has 20 heavy (non-hydrogen) atoms. The van der Waals surface area contributed by atoms with E-state index in [1.165, 1.54) is 0 Å². The van der Waals surface area contributed by atoms with E-state index >= 15 is 0 Å². The molecule has 1 unspecified atom stereocenters. The molecule has 1 atom stereocenters. The van der Waals surface area contributed by atoms with Crippen molar-refractivity contribution in [2.24, 2.45) is 0 Å². The molecule has 3 heteroatoms. The molecule has 0 radical (unpaired) electrons. The van der Waals surface area contributed by atoms with Gasteiger partial charge in [-0.1, -0.05) is 48.5 Å². The van der Waals surface area contributed by atoms with E-state index in [0.717, 1.165) is 5.56 Å². The Morgan fingerprint density at radius 1 is 1.05 bits per heavy atom. The first-order valence-corrected chi connectivity index (χ1v) is 6.71. The molecule has 104 valence electrons. The smallest absolute Gasteiger partial charge is 0.256 e. The van der Waals surface area contributed by atoms with Crippen LogP contribution in [0.25, 0.3) is 0 Å². The second kappa shape index (κ2) is 6.87. The molecule has 0 fully saturated rings. The third kappa shape index (κ3) is 3.06. The summed E-state index contributed by atoms with van der Waals surface area (Å²) in [5.74, 6) is -0.0243. The first-order chi connectivity index (χ1) is 9.77. The van der Waals surface area contributed by atoms with Crippen molar-refractivity contribution in [2.75, 3.05) is 13.7 Å². The van der Waals surface area contributed by atoms with E-state index < -0.39 is 0 Å². The summed E-state index contributed by atoms with van der Waals surface area (Å²) < 4.78 is 5.54. The van der Waals surface area contributed by atoms with E-state index in [4.69, 9.17) is 4.74 Å². The van der Waals surface area contributed by atoms with Crippen LogP contribution in [0.4, 0.5) is 0 Å². The third-order valence-electron chi connectivity index (χ3n) is 3.21. The van der Waals surface area contributed by atoms with Gasteiger partial charge >= 0.3 is 0 Å². The molecule has 2 aromatic rings. The van der Waals surface area contributed by atoms with E-state index in [-0.39, 0.29) is 12.1 Å². The van der Waals surface area contributed by atoms with Crippen molar-refractivity contribution in [3.8, 4) is 0 Å². The maximum absolute atomic E-state index is 12.6. The average molecular weight is 269 g/mol. The van der Waals surface area contributed by atoms with Crippen molar-refractivity contribution in [2.45, 2.75) is 13.2 Å². The SMILES string of the molecule is CCN(C(=O)c1ccccc1)C(OC)c1ccccc1. The van der Waals surface area contributed by atoms with Gasteiger partial charge in [0.2, 0.25) is 0 Å². The summed E-state index contributed by atoms with van der Waals surface area (Å²) in [5.41, 5.74) is 1.65. The number of amides is 1. The van der Waals surface area contributed by atoms with Crippen LogP contribution in [0.2, 0.25) is 0 Å². The summed E-state index contributed by atoms with van der Waals surface area (Å²) in [6.07, 6.45) is -0.367. The Bertz CT molecular complexity index is 539. The summed E-state index contributed by atoms with van der Waals surface area (Å²) in [6, 6.07) is 19.1. The lowest BCUT2D eigenvalue weighted by atomic mass is 10.1. The summed E-state index contributed by atoms with van der Waals surface area (Å²) >= 11 is 0. The highest BCUT2D eigenvalue weighted by Crippen LogP contribution is 2.23. The summed E-state index contributed by atoms with van der Waals surface area (Å²) in [4.78, 5) is 14.3. The molecule has 0 saturated carbocycles. The van der Waals surface area contributed by atoms with Crippen LogP contribution in [-0.2, 0) is 4.74 Å². The summed E-state index contributed by atoms with van der Waals surface area (Å²) in [7, 11) is 1.62. The zero-order valence-electron chi connectivity index (χ0n) is 11.8. The predicted octanol–water partition coefficient (Wildman–Crippen LogP) is 3.49. The Balaban J connectivity index is 2.29. The minimum Gasteiger partial charge on any atom is -0.357 e. The van der Waals surface area contributed by atoms with Gasteiger partial charge in [0.1, 0.15) is 0 Å². The topological polar surface area (TPSA) is 29.5 Å². The minimum atomic E-state index is -0.367. The minimum absolute atomic E-state index is 0.0243. The molecular weight excluding hydrogens is 250 g/mol. The first-order valence-electron chi connectivity index (χ1n) is 6.71. The average Bonchev–Trinajstić information content (AvgIpc) is 2.53. The van der Waals surface area contributed by atoms with Gasteiger partial charge in [-0.3, -0.25) is 4.79 Å². The number of carbonyl (C=O) groups excluding carboxylic acids is 1. The molecular formula is C17H19NO2. The second-order valence-electron chi connectivity index (χ2n) is 4.46. The number of hydrogen-bond donors (Lipinski definition) is 0. The Kier molecular flexibility index (Phi) is 4.91. The van der Waals surface area contributed by atoms with Gasteiger partial charge in [0, 0.05) is 24.8 Å². The lowest BCUT2D eigenvalue weighted by Crippen LogP contribution is -2.35. The standard InChI is InChI=1S/C17H19NO2/c1-3-18(16(19)14-10-6-4-7-11-14)17(20-2)15-12-8-5-9-13-15/h4-13,17H,3H2,1-2H3. The number of carbonyl (C=O) groups is 1. The molecule has 1 amide bonds. The maximum atomic E-state index is 12.6. The molecule has 0 bridgehead atoms. The van der Waals surface area contributed by atoms with Crippen LogP contribution in [0.5, 0.6) is 0 Å². The van der Waals surface area contributed by atoms with E-state index in [1.807, 2.05) is 67.6 Å². The van der Waals surface area contributed by atoms with Crippen LogP contribution in [0.3, 0.4) is 0 Å². The van der Waals surface area contributed by atoms with Crippen LogP contribution in [-0.4, -0.2) is 24.5 Å². The highest BCUT2D eigenvalue weighted by atomic mass is 16.5. The lowest BCUT2D eigenvalue weighted by Gasteiger charge is -2.30. The highest BCUT2D eigenvalue weighted by Gasteiger charge is 2.24. The quantitative estimate of drug-likeness (QED) is 0.778. The lowest BCUT2D eigenvalue weighted by molar-refractivity contribution is -0.0204. The molecule has 3 nitrogen and oxygen atoms in total. The fourth-order valence-corrected chi connectivity index (χ4v) is 2.22. The Morgan fingerprint density at radius 2 is 1.60 bits per heavy atom. The summed E-state index contributed by atoms with van der Waals surface area (Å²) in [6.45, 7) is 2.54. The van der Waals surface area contributed by atoms with Gasteiger partial charge < -0.3 is 9.64 Å². The van der Waals surface area contributed by atoms with Crippen molar-refractivity contribution in [1.82, 2.24) is 4.90 Å². The zero-order chi connectivity index (χ0) is 14.4. The van der Waals surface area contributed by atoms with Crippen molar-refractivity contribution in [3.63, 3.8) is 0 Å². The number of hydrogen-bond acceptors (Lipinski definition) is 2. The van der Waals surface area contributed by atoms with Gasteiger partial charge in [-0.05, 0) is 19.1 Å². The number of benzene rings is 2. The van der Waals surface area contributed by atoms with Gasteiger partial charge in [-0.15, -0.1) is 0 Å². The maximum Gasteiger partial charge on any atom is 0.256 e. The molecule has 0 spiro atoms. The van der Waals surface area contributed by atoms with E-state index in [2.05, 4.69) is 0 Å². The van der Waals surface area contributed by atoms with Crippen LogP contribution in [0.15, 0.2) is 60.7 Å². The number of ether oxygens (including phenoxy) is 1. The molecule has 2 aromatic carbocycles. The predicted molar refractivity (Wildman–Crippen MR) is 79.3 cm³/mol. The van der Waals surface area contributed by atoms with E-state index in [9.17, 15) is 4.79 Å².